The monoisotopic (exact) mass is 289 g/mol. The number of nitrogens with zero attached hydrogens (tertiary/aromatic N) is 3. The summed E-state index contributed by atoms with van der Waals surface area (Å²) in [6.45, 7) is 3.31. The van der Waals surface area contributed by atoms with Gasteiger partial charge in [-0.05, 0) is 31.5 Å². The van der Waals surface area contributed by atoms with E-state index in [0.29, 0.717) is 11.1 Å². The minimum Gasteiger partial charge on any atom is -0.477 e. The van der Waals surface area contributed by atoms with Crippen molar-refractivity contribution in [2.24, 2.45) is 0 Å². The average molecular weight is 289 g/mol. The minimum atomic E-state index is -1.22. The predicted molar refractivity (Wildman–Crippen MR) is 71.6 cm³/mol. The molecule has 1 N–H and O–H groups in total. The van der Waals surface area contributed by atoms with Crippen LogP contribution >= 0.6 is 0 Å². The van der Waals surface area contributed by atoms with Crippen molar-refractivity contribution >= 4 is 11.7 Å². The molecule has 1 heterocycles. The maximum absolute atomic E-state index is 11.1. The number of carbonyl (C=O) groups is 1. The third-order valence-corrected chi connectivity index (χ3v) is 2.81. The number of aromatic nitrogens is 2. The maximum Gasteiger partial charge on any atom is 0.341 e. The van der Waals surface area contributed by atoms with E-state index in [2.05, 4.69) is 10.2 Å². The SMILES string of the molecule is Cc1cc(C)c([N+](=O)[O-])cc1Oc1nnccc1C(=O)O. The molecule has 0 saturated carbocycles. The first-order chi connectivity index (χ1) is 9.90. The van der Waals surface area contributed by atoms with Gasteiger partial charge in [-0.1, -0.05) is 0 Å². The molecule has 2 aromatic rings. The highest BCUT2D eigenvalue weighted by Crippen LogP contribution is 2.31. The van der Waals surface area contributed by atoms with Crippen LogP contribution in [0.2, 0.25) is 0 Å². The average Bonchev–Trinajstić information content (AvgIpc) is 2.41. The van der Waals surface area contributed by atoms with Gasteiger partial charge in [-0.15, -0.1) is 5.10 Å². The molecule has 0 amide bonds. The highest BCUT2D eigenvalue weighted by Gasteiger charge is 2.18. The predicted octanol–water partition coefficient (Wildman–Crippen LogP) is 2.49. The zero-order valence-electron chi connectivity index (χ0n) is 11.2. The number of hydrogen-bond donors (Lipinski definition) is 1. The number of ether oxygens (including phenoxy) is 1. The van der Waals surface area contributed by atoms with Crippen LogP contribution < -0.4 is 4.74 Å². The van der Waals surface area contributed by atoms with Crippen molar-refractivity contribution in [3.63, 3.8) is 0 Å². The van der Waals surface area contributed by atoms with Gasteiger partial charge >= 0.3 is 5.97 Å². The van der Waals surface area contributed by atoms with Crippen molar-refractivity contribution < 1.29 is 19.6 Å². The van der Waals surface area contributed by atoms with E-state index in [4.69, 9.17) is 9.84 Å². The quantitative estimate of drug-likeness (QED) is 0.678. The molecule has 0 atom stereocenters. The lowest BCUT2D eigenvalue weighted by molar-refractivity contribution is -0.385. The van der Waals surface area contributed by atoms with Crippen molar-refractivity contribution in [2.75, 3.05) is 0 Å². The molecular weight excluding hydrogens is 278 g/mol. The van der Waals surface area contributed by atoms with E-state index in [1.54, 1.807) is 19.9 Å². The van der Waals surface area contributed by atoms with Crippen molar-refractivity contribution in [3.8, 4) is 11.6 Å². The summed E-state index contributed by atoms with van der Waals surface area (Å²) in [5.74, 6) is -1.28. The van der Waals surface area contributed by atoms with Gasteiger partial charge in [-0.25, -0.2) is 4.79 Å². The topological polar surface area (TPSA) is 115 Å². The van der Waals surface area contributed by atoms with Gasteiger partial charge in [-0.2, -0.15) is 5.10 Å². The molecule has 21 heavy (non-hydrogen) atoms. The van der Waals surface area contributed by atoms with Crippen molar-refractivity contribution in [1.82, 2.24) is 10.2 Å². The number of carboxylic acid groups (broad SMARTS) is 1. The zero-order valence-corrected chi connectivity index (χ0v) is 11.2. The first-order valence-electron chi connectivity index (χ1n) is 5.88. The van der Waals surface area contributed by atoms with Crippen LogP contribution in [0, 0.1) is 24.0 Å². The number of aromatic carboxylic acids is 1. The number of nitro groups is 1. The summed E-state index contributed by atoms with van der Waals surface area (Å²) >= 11 is 0. The van der Waals surface area contributed by atoms with Crippen LogP contribution in [-0.4, -0.2) is 26.2 Å². The number of benzene rings is 1. The summed E-state index contributed by atoms with van der Waals surface area (Å²) < 4.78 is 5.39. The van der Waals surface area contributed by atoms with Crippen LogP contribution in [0.25, 0.3) is 0 Å². The van der Waals surface area contributed by atoms with E-state index in [1.165, 1.54) is 18.3 Å². The second-order valence-corrected chi connectivity index (χ2v) is 4.32. The van der Waals surface area contributed by atoms with Crippen molar-refractivity contribution in [3.05, 3.63) is 51.2 Å². The molecule has 0 fully saturated rings. The number of rotatable bonds is 4. The van der Waals surface area contributed by atoms with Crippen LogP contribution in [0.15, 0.2) is 24.4 Å². The Bertz CT molecular complexity index is 730. The molecule has 0 spiro atoms. The van der Waals surface area contributed by atoms with E-state index >= 15 is 0 Å². The Morgan fingerprint density at radius 3 is 2.67 bits per heavy atom. The van der Waals surface area contributed by atoms with Gasteiger partial charge in [0.15, 0.2) is 0 Å². The lowest BCUT2D eigenvalue weighted by Crippen LogP contribution is -2.04. The van der Waals surface area contributed by atoms with E-state index in [-0.39, 0.29) is 22.9 Å². The van der Waals surface area contributed by atoms with Gasteiger partial charge in [0, 0.05) is 5.56 Å². The number of hydrogen-bond acceptors (Lipinski definition) is 6. The maximum atomic E-state index is 11.1. The summed E-state index contributed by atoms with van der Waals surface area (Å²) in [7, 11) is 0. The fourth-order valence-electron chi connectivity index (χ4n) is 1.79. The lowest BCUT2D eigenvalue weighted by atomic mass is 10.1. The van der Waals surface area contributed by atoms with Crippen LogP contribution in [0.4, 0.5) is 5.69 Å². The highest BCUT2D eigenvalue weighted by molar-refractivity contribution is 5.90. The van der Waals surface area contributed by atoms with Gasteiger partial charge in [0.1, 0.15) is 11.3 Å². The lowest BCUT2D eigenvalue weighted by Gasteiger charge is -2.10. The van der Waals surface area contributed by atoms with E-state index in [1.807, 2.05) is 0 Å². The molecule has 0 radical (unpaired) electrons. The number of carboxylic acids is 1. The molecule has 0 bridgehead atoms. The summed E-state index contributed by atoms with van der Waals surface area (Å²) in [6.07, 6.45) is 1.22. The molecular formula is C13H11N3O5. The molecule has 0 unspecified atom stereocenters. The van der Waals surface area contributed by atoms with Gasteiger partial charge in [0.05, 0.1) is 17.2 Å². The second kappa shape index (κ2) is 5.53. The fraction of sp³-hybridized carbons (Fsp3) is 0.154. The normalized spacial score (nSPS) is 10.2. The summed E-state index contributed by atoms with van der Waals surface area (Å²) in [5, 5.41) is 27.2. The standard InChI is InChI=1S/C13H11N3O5/c1-7-5-8(2)11(6-10(7)16(19)20)21-12-9(13(17)18)3-4-14-15-12/h3-6H,1-2H3,(H,17,18). The second-order valence-electron chi connectivity index (χ2n) is 4.32. The molecule has 108 valence electrons. The van der Waals surface area contributed by atoms with Gasteiger partial charge < -0.3 is 9.84 Å². The summed E-state index contributed by atoms with van der Waals surface area (Å²) in [5.41, 5.74) is 0.825. The Balaban J connectivity index is 2.47. The Kier molecular flexibility index (Phi) is 3.79. The van der Waals surface area contributed by atoms with Crippen LogP contribution in [0.1, 0.15) is 21.5 Å². The van der Waals surface area contributed by atoms with Crippen LogP contribution in [0.5, 0.6) is 11.6 Å². The van der Waals surface area contributed by atoms with Gasteiger partial charge in [0.2, 0.25) is 0 Å². The largest absolute Gasteiger partial charge is 0.477 e. The molecule has 8 heteroatoms. The van der Waals surface area contributed by atoms with Crippen molar-refractivity contribution in [2.45, 2.75) is 13.8 Å². The molecule has 8 nitrogen and oxygen atoms in total. The summed E-state index contributed by atoms with van der Waals surface area (Å²) in [4.78, 5) is 21.5. The number of aryl methyl sites for hydroxylation is 2. The Hall–Kier alpha value is -3.03. The summed E-state index contributed by atoms with van der Waals surface area (Å²) in [6, 6.07) is 4.07. The third kappa shape index (κ3) is 2.94. The van der Waals surface area contributed by atoms with E-state index in [0.717, 1.165) is 0 Å². The molecule has 1 aromatic carbocycles. The molecule has 0 aliphatic rings. The third-order valence-electron chi connectivity index (χ3n) is 2.81. The molecule has 0 aliphatic heterocycles. The smallest absolute Gasteiger partial charge is 0.341 e. The van der Waals surface area contributed by atoms with E-state index < -0.39 is 10.9 Å². The first-order valence-corrected chi connectivity index (χ1v) is 5.88. The van der Waals surface area contributed by atoms with Crippen molar-refractivity contribution in [1.29, 1.82) is 0 Å². The van der Waals surface area contributed by atoms with E-state index in [9.17, 15) is 14.9 Å². The first kappa shape index (κ1) is 14.4. The Labute approximate surface area is 119 Å². The molecule has 1 aromatic heterocycles. The minimum absolute atomic E-state index is 0.114. The molecule has 0 saturated heterocycles. The zero-order chi connectivity index (χ0) is 15.6. The van der Waals surface area contributed by atoms with Crippen LogP contribution in [-0.2, 0) is 0 Å². The Morgan fingerprint density at radius 2 is 2.05 bits per heavy atom. The van der Waals surface area contributed by atoms with Crippen LogP contribution in [0.3, 0.4) is 0 Å². The van der Waals surface area contributed by atoms with Gasteiger partial charge in [0.25, 0.3) is 11.6 Å². The van der Waals surface area contributed by atoms with Gasteiger partial charge in [-0.3, -0.25) is 10.1 Å². The fourth-order valence-corrected chi connectivity index (χ4v) is 1.79. The molecule has 0 aliphatic carbocycles. The highest BCUT2D eigenvalue weighted by atomic mass is 16.6. The Morgan fingerprint density at radius 1 is 1.33 bits per heavy atom. The molecule has 2 rings (SSSR count). The number of nitro benzene ring substituents is 1.